The number of hydrogen-bond acceptors (Lipinski definition) is 5. The fourth-order valence-corrected chi connectivity index (χ4v) is 4.37. The van der Waals surface area contributed by atoms with Crippen molar-refractivity contribution >= 4 is 38.4 Å². The number of carbonyl (C=O) groups is 1. The fourth-order valence-electron chi connectivity index (χ4n) is 3.22. The van der Waals surface area contributed by atoms with Crippen molar-refractivity contribution in [3.05, 3.63) is 58.6 Å². The molecule has 0 saturated carbocycles. The first kappa shape index (κ1) is 19.4. The number of thiazole rings is 1. The van der Waals surface area contributed by atoms with E-state index in [1.807, 2.05) is 36.6 Å². The first-order valence-corrected chi connectivity index (χ1v) is 10.3. The summed E-state index contributed by atoms with van der Waals surface area (Å²) >= 11 is 1.48. The van der Waals surface area contributed by atoms with Crippen LogP contribution in [-0.2, 0) is 11.3 Å². The number of methoxy groups -OCH3 is 1. The summed E-state index contributed by atoms with van der Waals surface area (Å²) in [4.78, 5) is 17.9. The summed E-state index contributed by atoms with van der Waals surface area (Å²) < 4.78 is 19.7. The highest BCUT2D eigenvalue weighted by atomic mass is 32.1. The SMILES string of the molecule is CCOc1cccc2cc(C(=O)N=c3sc4cc(C)ccc4n3CCOC)oc12. The number of benzene rings is 2. The van der Waals surface area contributed by atoms with Gasteiger partial charge in [-0.15, -0.1) is 0 Å². The number of ether oxygens (including phenoxy) is 2. The van der Waals surface area contributed by atoms with Gasteiger partial charge < -0.3 is 18.5 Å². The van der Waals surface area contributed by atoms with E-state index < -0.39 is 5.91 Å². The molecule has 0 aliphatic heterocycles. The van der Waals surface area contributed by atoms with Crippen LogP contribution in [0.2, 0.25) is 0 Å². The van der Waals surface area contributed by atoms with Crippen molar-refractivity contribution in [3.63, 3.8) is 0 Å². The van der Waals surface area contributed by atoms with Gasteiger partial charge in [-0.3, -0.25) is 4.79 Å². The zero-order valence-electron chi connectivity index (χ0n) is 16.6. The number of carbonyl (C=O) groups excluding carboxylic acids is 1. The number of para-hydroxylation sites is 1. The van der Waals surface area contributed by atoms with E-state index in [0.717, 1.165) is 21.2 Å². The number of furan rings is 1. The maximum absolute atomic E-state index is 12.9. The zero-order chi connectivity index (χ0) is 20.4. The molecule has 29 heavy (non-hydrogen) atoms. The molecule has 4 aromatic rings. The predicted molar refractivity (Wildman–Crippen MR) is 114 cm³/mol. The van der Waals surface area contributed by atoms with Gasteiger partial charge in [0.2, 0.25) is 0 Å². The van der Waals surface area contributed by atoms with E-state index in [-0.39, 0.29) is 5.76 Å². The van der Waals surface area contributed by atoms with E-state index >= 15 is 0 Å². The van der Waals surface area contributed by atoms with Crippen LogP contribution in [0.15, 0.2) is 51.9 Å². The van der Waals surface area contributed by atoms with Crippen LogP contribution >= 0.6 is 11.3 Å². The molecular formula is C22H22N2O4S. The van der Waals surface area contributed by atoms with E-state index in [9.17, 15) is 4.79 Å². The number of aryl methyl sites for hydroxylation is 1. The minimum Gasteiger partial charge on any atom is -0.490 e. The maximum Gasteiger partial charge on any atom is 0.315 e. The lowest BCUT2D eigenvalue weighted by molar-refractivity contribution is 0.0973. The Labute approximate surface area is 172 Å². The number of nitrogens with zero attached hydrogens (tertiary/aromatic N) is 2. The van der Waals surface area contributed by atoms with Crippen LogP contribution in [0.4, 0.5) is 0 Å². The van der Waals surface area contributed by atoms with Crippen LogP contribution < -0.4 is 9.54 Å². The largest absolute Gasteiger partial charge is 0.490 e. The molecule has 0 unspecified atom stereocenters. The summed E-state index contributed by atoms with van der Waals surface area (Å²) in [6, 6.07) is 13.5. The van der Waals surface area contributed by atoms with Crippen molar-refractivity contribution in [2.75, 3.05) is 20.3 Å². The molecule has 0 fully saturated rings. The lowest BCUT2D eigenvalue weighted by atomic mass is 10.2. The van der Waals surface area contributed by atoms with Gasteiger partial charge in [0.05, 0.1) is 23.4 Å². The molecule has 0 saturated heterocycles. The summed E-state index contributed by atoms with van der Waals surface area (Å²) in [6.07, 6.45) is 0. The third-order valence-corrected chi connectivity index (χ3v) is 5.61. The molecule has 2 heterocycles. The van der Waals surface area contributed by atoms with Crippen molar-refractivity contribution < 1.29 is 18.7 Å². The normalized spacial score (nSPS) is 12.2. The quantitative estimate of drug-likeness (QED) is 0.468. The lowest BCUT2D eigenvalue weighted by Gasteiger charge is -2.04. The van der Waals surface area contributed by atoms with Gasteiger partial charge in [0.15, 0.2) is 21.9 Å². The van der Waals surface area contributed by atoms with Crippen LogP contribution in [-0.4, -0.2) is 30.8 Å². The second kappa shape index (κ2) is 8.23. The third-order valence-electron chi connectivity index (χ3n) is 4.57. The highest BCUT2D eigenvalue weighted by Gasteiger charge is 2.16. The van der Waals surface area contributed by atoms with E-state index in [1.165, 1.54) is 11.3 Å². The molecule has 1 amide bonds. The van der Waals surface area contributed by atoms with Crippen molar-refractivity contribution in [2.24, 2.45) is 4.99 Å². The van der Waals surface area contributed by atoms with Gasteiger partial charge >= 0.3 is 5.91 Å². The Morgan fingerprint density at radius 3 is 2.90 bits per heavy atom. The van der Waals surface area contributed by atoms with Crippen molar-refractivity contribution in [3.8, 4) is 5.75 Å². The maximum atomic E-state index is 12.9. The molecule has 0 aliphatic carbocycles. The molecule has 0 N–H and O–H groups in total. The molecule has 7 heteroatoms. The van der Waals surface area contributed by atoms with Crippen LogP contribution in [0.25, 0.3) is 21.2 Å². The highest BCUT2D eigenvalue weighted by Crippen LogP contribution is 2.29. The molecular weight excluding hydrogens is 388 g/mol. The molecule has 2 aromatic carbocycles. The van der Waals surface area contributed by atoms with Crippen molar-refractivity contribution in [1.82, 2.24) is 4.57 Å². The Morgan fingerprint density at radius 2 is 2.10 bits per heavy atom. The Morgan fingerprint density at radius 1 is 1.24 bits per heavy atom. The standard InChI is InChI=1S/C22H22N2O4S/c1-4-27-17-7-5-6-15-13-18(28-20(15)17)21(25)23-22-24(10-11-26-3)16-9-8-14(2)12-19(16)29-22/h5-9,12-13H,4,10-11H2,1-3H3. The van der Waals surface area contributed by atoms with Crippen LogP contribution in [0, 0.1) is 6.92 Å². The van der Waals surface area contributed by atoms with Gasteiger partial charge in [-0.05, 0) is 43.7 Å². The number of hydrogen-bond donors (Lipinski definition) is 0. The number of aromatic nitrogens is 1. The first-order valence-electron chi connectivity index (χ1n) is 9.44. The average Bonchev–Trinajstić information content (AvgIpc) is 3.28. The van der Waals surface area contributed by atoms with Gasteiger partial charge in [-0.2, -0.15) is 4.99 Å². The summed E-state index contributed by atoms with van der Waals surface area (Å²) in [5.74, 6) is 0.397. The van der Waals surface area contributed by atoms with Crippen LogP contribution in [0.1, 0.15) is 23.0 Å². The fraction of sp³-hybridized carbons (Fsp3) is 0.273. The second-order valence-corrected chi connectivity index (χ2v) is 7.64. The lowest BCUT2D eigenvalue weighted by Crippen LogP contribution is -2.19. The monoisotopic (exact) mass is 410 g/mol. The van der Waals surface area contributed by atoms with E-state index in [1.54, 1.807) is 13.2 Å². The first-order chi connectivity index (χ1) is 14.1. The van der Waals surface area contributed by atoms with Crippen molar-refractivity contribution in [1.29, 1.82) is 0 Å². The van der Waals surface area contributed by atoms with Gasteiger partial charge in [0.25, 0.3) is 0 Å². The summed E-state index contributed by atoms with van der Waals surface area (Å²) in [6.45, 7) is 5.62. The Hall–Kier alpha value is -2.90. The summed E-state index contributed by atoms with van der Waals surface area (Å²) in [5.41, 5.74) is 2.76. The predicted octanol–water partition coefficient (Wildman–Crippen LogP) is 4.54. The highest BCUT2D eigenvalue weighted by molar-refractivity contribution is 7.16. The summed E-state index contributed by atoms with van der Waals surface area (Å²) in [7, 11) is 1.66. The number of fused-ring (bicyclic) bond motifs is 2. The Balaban J connectivity index is 1.79. The number of amides is 1. The minimum atomic E-state index is -0.418. The average molecular weight is 410 g/mol. The zero-order valence-corrected chi connectivity index (χ0v) is 17.4. The molecule has 0 atom stereocenters. The Kier molecular flexibility index (Phi) is 5.51. The van der Waals surface area contributed by atoms with E-state index in [4.69, 9.17) is 13.9 Å². The molecule has 6 nitrogen and oxygen atoms in total. The molecule has 0 radical (unpaired) electrons. The van der Waals surface area contributed by atoms with E-state index in [0.29, 0.717) is 35.9 Å². The van der Waals surface area contributed by atoms with Gasteiger partial charge in [-0.1, -0.05) is 29.5 Å². The van der Waals surface area contributed by atoms with Gasteiger partial charge in [0.1, 0.15) is 0 Å². The van der Waals surface area contributed by atoms with Crippen LogP contribution in [0.5, 0.6) is 5.75 Å². The van der Waals surface area contributed by atoms with Crippen molar-refractivity contribution in [2.45, 2.75) is 20.4 Å². The molecule has 4 rings (SSSR count). The molecule has 0 aliphatic rings. The molecule has 150 valence electrons. The Bertz CT molecular complexity index is 1250. The van der Waals surface area contributed by atoms with Crippen LogP contribution in [0.3, 0.4) is 0 Å². The third kappa shape index (κ3) is 3.83. The van der Waals surface area contributed by atoms with E-state index in [2.05, 4.69) is 23.2 Å². The second-order valence-electron chi connectivity index (χ2n) is 6.64. The minimum absolute atomic E-state index is 0.194. The smallest absolute Gasteiger partial charge is 0.315 e. The molecule has 0 spiro atoms. The number of rotatable bonds is 6. The topological polar surface area (TPSA) is 66.0 Å². The van der Waals surface area contributed by atoms with Gasteiger partial charge in [0, 0.05) is 19.0 Å². The molecule has 0 bridgehead atoms. The molecule has 2 aromatic heterocycles. The summed E-state index contributed by atoms with van der Waals surface area (Å²) in [5, 5.41) is 0.814. The van der Waals surface area contributed by atoms with Gasteiger partial charge in [-0.25, -0.2) is 0 Å².